The third-order valence-corrected chi connectivity index (χ3v) is 4.21. The summed E-state index contributed by atoms with van der Waals surface area (Å²) in [5.41, 5.74) is 0.932. The van der Waals surface area contributed by atoms with Gasteiger partial charge in [0.05, 0.1) is 12.4 Å². The van der Waals surface area contributed by atoms with Gasteiger partial charge in [0.25, 0.3) is 0 Å². The molecule has 8 heteroatoms. The molecule has 1 aliphatic rings. The molecule has 8 nitrogen and oxygen atoms in total. The summed E-state index contributed by atoms with van der Waals surface area (Å²) in [5.74, 6) is 1.22. The van der Waals surface area contributed by atoms with E-state index < -0.39 is 0 Å². The fourth-order valence-corrected chi connectivity index (χ4v) is 2.98. The SMILES string of the molecule is CNc1cn(CC2CCCN(C(=O)/C=C/c3cnn(C)c3)C2)nn1. The summed E-state index contributed by atoms with van der Waals surface area (Å²) < 4.78 is 3.56. The molecule has 1 saturated heterocycles. The maximum absolute atomic E-state index is 12.4. The molecule has 0 aliphatic carbocycles. The van der Waals surface area contributed by atoms with Crippen LogP contribution in [0.3, 0.4) is 0 Å². The number of hydrogen-bond donors (Lipinski definition) is 1. The highest BCUT2D eigenvalue weighted by molar-refractivity contribution is 5.91. The van der Waals surface area contributed by atoms with Crippen molar-refractivity contribution in [3.05, 3.63) is 30.2 Å². The molecule has 1 amide bonds. The Labute approximate surface area is 141 Å². The van der Waals surface area contributed by atoms with Crippen LogP contribution in [0.5, 0.6) is 0 Å². The maximum atomic E-state index is 12.4. The Morgan fingerprint density at radius 1 is 1.46 bits per heavy atom. The zero-order valence-corrected chi connectivity index (χ0v) is 14.1. The van der Waals surface area contributed by atoms with Gasteiger partial charge in [0.1, 0.15) is 0 Å². The number of aromatic nitrogens is 5. The van der Waals surface area contributed by atoms with E-state index >= 15 is 0 Å². The zero-order chi connectivity index (χ0) is 16.9. The molecule has 2 aromatic rings. The molecule has 3 heterocycles. The molecule has 128 valence electrons. The van der Waals surface area contributed by atoms with E-state index in [1.54, 1.807) is 17.0 Å². The van der Waals surface area contributed by atoms with Gasteiger partial charge in [-0.05, 0) is 24.8 Å². The minimum absolute atomic E-state index is 0.0538. The number of anilines is 1. The highest BCUT2D eigenvalue weighted by Crippen LogP contribution is 2.19. The molecule has 1 atom stereocenters. The van der Waals surface area contributed by atoms with Gasteiger partial charge in [0.15, 0.2) is 5.82 Å². The summed E-state index contributed by atoms with van der Waals surface area (Å²) in [4.78, 5) is 14.3. The number of aryl methyl sites for hydroxylation is 1. The van der Waals surface area contributed by atoms with Gasteiger partial charge in [-0.1, -0.05) is 5.21 Å². The van der Waals surface area contributed by atoms with Crippen LogP contribution >= 0.6 is 0 Å². The van der Waals surface area contributed by atoms with Crippen molar-refractivity contribution >= 4 is 17.8 Å². The number of likely N-dealkylation sites (tertiary alicyclic amines) is 1. The highest BCUT2D eigenvalue weighted by atomic mass is 16.2. The molecular formula is C16H23N7O. The van der Waals surface area contributed by atoms with Gasteiger partial charge in [0, 0.05) is 51.6 Å². The van der Waals surface area contributed by atoms with Crippen LogP contribution in [0.2, 0.25) is 0 Å². The quantitative estimate of drug-likeness (QED) is 0.828. The van der Waals surface area contributed by atoms with Crippen molar-refractivity contribution < 1.29 is 4.79 Å². The molecule has 0 spiro atoms. The maximum Gasteiger partial charge on any atom is 0.246 e. The molecule has 0 radical (unpaired) electrons. The molecule has 2 aromatic heterocycles. The first kappa shape index (κ1) is 16.2. The Kier molecular flexibility index (Phi) is 4.93. The van der Waals surface area contributed by atoms with E-state index in [1.165, 1.54) is 0 Å². The van der Waals surface area contributed by atoms with E-state index in [9.17, 15) is 4.79 Å². The minimum Gasteiger partial charge on any atom is -0.370 e. The first-order valence-electron chi connectivity index (χ1n) is 8.17. The predicted octanol–water partition coefficient (Wildman–Crippen LogP) is 1.01. The zero-order valence-electron chi connectivity index (χ0n) is 14.1. The summed E-state index contributed by atoms with van der Waals surface area (Å²) in [5, 5.41) is 15.2. The van der Waals surface area contributed by atoms with Gasteiger partial charge in [-0.3, -0.25) is 9.48 Å². The number of nitrogens with zero attached hydrogens (tertiary/aromatic N) is 6. The summed E-state index contributed by atoms with van der Waals surface area (Å²) in [6, 6.07) is 0. The van der Waals surface area contributed by atoms with E-state index in [1.807, 2.05) is 42.1 Å². The molecule has 0 saturated carbocycles. The second kappa shape index (κ2) is 7.29. The number of nitrogens with one attached hydrogen (secondary N) is 1. The average Bonchev–Trinajstić information content (AvgIpc) is 3.21. The average molecular weight is 329 g/mol. The summed E-state index contributed by atoms with van der Waals surface area (Å²) in [6.45, 7) is 2.35. The molecule has 0 aromatic carbocycles. The molecular weight excluding hydrogens is 306 g/mol. The number of rotatable bonds is 5. The summed E-state index contributed by atoms with van der Waals surface area (Å²) in [6.07, 6.45) is 11.1. The molecule has 3 rings (SSSR count). The second-order valence-electron chi connectivity index (χ2n) is 6.15. The van der Waals surface area contributed by atoms with Gasteiger partial charge >= 0.3 is 0 Å². The van der Waals surface area contributed by atoms with Crippen LogP contribution in [0.4, 0.5) is 5.82 Å². The van der Waals surface area contributed by atoms with Gasteiger partial charge in [-0.15, -0.1) is 5.10 Å². The fourth-order valence-electron chi connectivity index (χ4n) is 2.98. The third kappa shape index (κ3) is 4.01. The van der Waals surface area contributed by atoms with E-state index in [0.717, 1.165) is 43.9 Å². The smallest absolute Gasteiger partial charge is 0.246 e. The van der Waals surface area contributed by atoms with Crippen molar-refractivity contribution in [1.82, 2.24) is 29.7 Å². The standard InChI is InChI=1S/C16H23N7O/c1-17-15-12-23(20-19-15)11-14-4-3-7-22(10-14)16(24)6-5-13-8-18-21(2)9-13/h5-6,8-9,12,14,17H,3-4,7,10-11H2,1-2H3/b6-5+. The third-order valence-electron chi connectivity index (χ3n) is 4.21. The van der Waals surface area contributed by atoms with Crippen molar-refractivity contribution in [3.8, 4) is 0 Å². The molecule has 1 aliphatic heterocycles. The first-order valence-corrected chi connectivity index (χ1v) is 8.17. The number of carbonyl (C=O) groups is 1. The lowest BCUT2D eigenvalue weighted by Gasteiger charge is -2.32. The van der Waals surface area contributed by atoms with Gasteiger partial charge < -0.3 is 10.2 Å². The van der Waals surface area contributed by atoms with E-state index in [2.05, 4.69) is 20.7 Å². The van der Waals surface area contributed by atoms with Crippen molar-refractivity contribution in [1.29, 1.82) is 0 Å². The Hall–Kier alpha value is -2.64. The van der Waals surface area contributed by atoms with E-state index in [-0.39, 0.29) is 5.91 Å². The number of amides is 1. The largest absolute Gasteiger partial charge is 0.370 e. The van der Waals surface area contributed by atoms with Crippen LogP contribution in [0.25, 0.3) is 6.08 Å². The molecule has 24 heavy (non-hydrogen) atoms. The summed E-state index contributed by atoms with van der Waals surface area (Å²) in [7, 11) is 3.68. The van der Waals surface area contributed by atoms with Crippen LogP contribution in [0, 0.1) is 5.92 Å². The number of hydrogen-bond acceptors (Lipinski definition) is 5. The monoisotopic (exact) mass is 329 g/mol. The molecule has 1 N–H and O–H groups in total. The van der Waals surface area contributed by atoms with E-state index in [0.29, 0.717) is 5.92 Å². The number of carbonyl (C=O) groups excluding carboxylic acids is 1. The van der Waals surface area contributed by atoms with Gasteiger partial charge in [-0.25, -0.2) is 4.68 Å². The van der Waals surface area contributed by atoms with Crippen molar-refractivity contribution in [2.24, 2.45) is 13.0 Å². The highest BCUT2D eigenvalue weighted by Gasteiger charge is 2.23. The Morgan fingerprint density at radius 2 is 2.33 bits per heavy atom. The molecule has 0 bridgehead atoms. The van der Waals surface area contributed by atoms with Crippen LogP contribution in [0.15, 0.2) is 24.7 Å². The summed E-state index contributed by atoms with van der Waals surface area (Å²) >= 11 is 0. The Morgan fingerprint density at radius 3 is 3.04 bits per heavy atom. The fraction of sp³-hybridized carbons (Fsp3) is 0.500. The Balaban J connectivity index is 1.56. The minimum atomic E-state index is 0.0538. The van der Waals surface area contributed by atoms with Crippen molar-refractivity contribution in [2.45, 2.75) is 19.4 Å². The molecule has 1 fully saturated rings. The molecule has 1 unspecified atom stereocenters. The number of piperidine rings is 1. The van der Waals surface area contributed by atoms with Crippen LogP contribution in [-0.2, 0) is 18.4 Å². The van der Waals surface area contributed by atoms with Crippen LogP contribution in [-0.4, -0.2) is 55.7 Å². The van der Waals surface area contributed by atoms with Crippen LogP contribution in [0.1, 0.15) is 18.4 Å². The predicted molar refractivity (Wildman–Crippen MR) is 91.1 cm³/mol. The lowest BCUT2D eigenvalue weighted by atomic mass is 9.98. The van der Waals surface area contributed by atoms with E-state index in [4.69, 9.17) is 0 Å². The lowest BCUT2D eigenvalue weighted by molar-refractivity contribution is -0.127. The van der Waals surface area contributed by atoms with Crippen molar-refractivity contribution in [3.63, 3.8) is 0 Å². The topological polar surface area (TPSA) is 80.9 Å². The van der Waals surface area contributed by atoms with Gasteiger partial charge in [-0.2, -0.15) is 5.10 Å². The lowest BCUT2D eigenvalue weighted by Crippen LogP contribution is -2.40. The Bertz CT molecular complexity index is 718. The van der Waals surface area contributed by atoms with Gasteiger partial charge in [0.2, 0.25) is 5.91 Å². The normalized spacial score (nSPS) is 18.2. The second-order valence-corrected chi connectivity index (χ2v) is 6.15. The van der Waals surface area contributed by atoms with Crippen LogP contribution < -0.4 is 5.32 Å². The van der Waals surface area contributed by atoms with Crippen molar-refractivity contribution in [2.75, 3.05) is 25.5 Å². The first-order chi connectivity index (χ1) is 11.6.